The SMILES string of the molecule is [B]c1cc(C)cc(Br)c1OCCOCC. The molecular weight excluding hydrogens is 255 g/mol. The zero-order chi connectivity index (χ0) is 11.3. The maximum absolute atomic E-state index is 5.84. The molecule has 0 bridgehead atoms. The summed E-state index contributed by atoms with van der Waals surface area (Å²) in [6.45, 7) is 5.74. The van der Waals surface area contributed by atoms with E-state index in [0.717, 1.165) is 10.0 Å². The van der Waals surface area contributed by atoms with E-state index in [1.54, 1.807) is 0 Å². The maximum atomic E-state index is 5.84. The predicted octanol–water partition coefficient (Wildman–Crippen LogP) is 1.97. The van der Waals surface area contributed by atoms with Gasteiger partial charge in [-0.2, -0.15) is 0 Å². The summed E-state index contributed by atoms with van der Waals surface area (Å²) < 4.78 is 11.6. The van der Waals surface area contributed by atoms with Gasteiger partial charge in [-0.25, -0.2) is 0 Å². The van der Waals surface area contributed by atoms with Crippen LogP contribution in [-0.4, -0.2) is 27.7 Å². The van der Waals surface area contributed by atoms with Crippen LogP contribution in [0.2, 0.25) is 0 Å². The summed E-state index contributed by atoms with van der Waals surface area (Å²) in [6.07, 6.45) is 0. The topological polar surface area (TPSA) is 18.5 Å². The van der Waals surface area contributed by atoms with Gasteiger partial charge in [0.1, 0.15) is 20.2 Å². The van der Waals surface area contributed by atoms with Crippen LogP contribution in [0.5, 0.6) is 5.75 Å². The largest absolute Gasteiger partial charge is 0.491 e. The molecule has 0 aliphatic carbocycles. The van der Waals surface area contributed by atoms with Gasteiger partial charge < -0.3 is 9.47 Å². The number of halogens is 1. The van der Waals surface area contributed by atoms with Crippen molar-refractivity contribution < 1.29 is 9.47 Å². The Morgan fingerprint density at radius 2 is 2.07 bits per heavy atom. The Balaban J connectivity index is 2.60. The summed E-state index contributed by atoms with van der Waals surface area (Å²) in [5, 5.41) is 0. The van der Waals surface area contributed by atoms with E-state index in [9.17, 15) is 0 Å². The van der Waals surface area contributed by atoms with Crippen LogP contribution in [0.25, 0.3) is 0 Å². The molecule has 1 rings (SSSR count). The van der Waals surface area contributed by atoms with Gasteiger partial charge in [-0.15, -0.1) is 0 Å². The first-order chi connectivity index (χ1) is 7.15. The van der Waals surface area contributed by atoms with Gasteiger partial charge in [0.2, 0.25) is 0 Å². The standard InChI is InChI=1S/C11H14BBrO2/c1-3-14-4-5-15-11-9(12)6-8(2)7-10(11)13/h6-7H,3-5H2,1-2H3. The Labute approximate surface area is 101 Å². The lowest BCUT2D eigenvalue weighted by Gasteiger charge is -2.12. The van der Waals surface area contributed by atoms with Crippen molar-refractivity contribution in [1.29, 1.82) is 0 Å². The zero-order valence-corrected chi connectivity index (χ0v) is 10.6. The van der Waals surface area contributed by atoms with Crippen molar-refractivity contribution in [3.63, 3.8) is 0 Å². The Morgan fingerprint density at radius 3 is 2.67 bits per heavy atom. The molecule has 0 saturated heterocycles. The second-order valence-electron chi connectivity index (χ2n) is 3.21. The molecule has 0 saturated carbocycles. The second-order valence-corrected chi connectivity index (χ2v) is 4.06. The fraction of sp³-hybridized carbons (Fsp3) is 0.455. The summed E-state index contributed by atoms with van der Waals surface area (Å²) in [6, 6.07) is 3.87. The average Bonchev–Trinajstić information content (AvgIpc) is 2.15. The lowest BCUT2D eigenvalue weighted by atomic mass is 9.93. The monoisotopic (exact) mass is 268 g/mol. The van der Waals surface area contributed by atoms with Crippen LogP contribution in [0.3, 0.4) is 0 Å². The van der Waals surface area contributed by atoms with Crippen LogP contribution in [0, 0.1) is 6.92 Å². The highest BCUT2D eigenvalue weighted by Gasteiger charge is 2.05. The van der Waals surface area contributed by atoms with Gasteiger partial charge in [0.05, 0.1) is 11.1 Å². The van der Waals surface area contributed by atoms with E-state index in [2.05, 4.69) is 15.9 Å². The van der Waals surface area contributed by atoms with E-state index in [4.69, 9.17) is 17.3 Å². The lowest BCUT2D eigenvalue weighted by molar-refractivity contribution is 0.110. The number of hydrogen-bond acceptors (Lipinski definition) is 2. The van der Waals surface area contributed by atoms with Gasteiger partial charge in [0, 0.05) is 6.61 Å². The van der Waals surface area contributed by atoms with Gasteiger partial charge >= 0.3 is 0 Å². The molecule has 80 valence electrons. The fourth-order valence-corrected chi connectivity index (χ4v) is 1.96. The second kappa shape index (κ2) is 6.18. The first-order valence-electron chi connectivity index (χ1n) is 4.91. The minimum atomic E-state index is 0.514. The summed E-state index contributed by atoms with van der Waals surface area (Å²) >= 11 is 3.42. The minimum Gasteiger partial charge on any atom is -0.491 e. The number of aryl methyl sites for hydroxylation is 1. The molecule has 0 aliphatic rings. The van der Waals surface area contributed by atoms with Crippen LogP contribution >= 0.6 is 15.9 Å². The van der Waals surface area contributed by atoms with Crippen molar-refractivity contribution in [3.05, 3.63) is 22.2 Å². The van der Waals surface area contributed by atoms with Crippen LogP contribution in [0.4, 0.5) is 0 Å². The normalized spacial score (nSPS) is 10.3. The van der Waals surface area contributed by atoms with Crippen LogP contribution in [0.1, 0.15) is 12.5 Å². The third-order valence-corrected chi connectivity index (χ3v) is 2.48. The molecule has 0 atom stereocenters. The molecule has 2 nitrogen and oxygen atoms in total. The molecule has 0 aromatic heterocycles. The van der Waals surface area contributed by atoms with E-state index in [1.807, 2.05) is 26.0 Å². The Kier molecular flexibility index (Phi) is 5.19. The molecule has 0 heterocycles. The Hall–Kier alpha value is -0.475. The highest BCUT2D eigenvalue weighted by atomic mass is 79.9. The van der Waals surface area contributed by atoms with Crippen molar-refractivity contribution in [3.8, 4) is 5.75 Å². The number of hydrogen-bond donors (Lipinski definition) is 0. The zero-order valence-electron chi connectivity index (χ0n) is 9.05. The van der Waals surface area contributed by atoms with Crippen molar-refractivity contribution in [1.82, 2.24) is 0 Å². The van der Waals surface area contributed by atoms with E-state index in [0.29, 0.717) is 31.0 Å². The fourth-order valence-electron chi connectivity index (χ4n) is 1.26. The van der Waals surface area contributed by atoms with Crippen molar-refractivity contribution in [2.45, 2.75) is 13.8 Å². The molecular formula is C11H14BBrO2. The molecule has 2 radical (unpaired) electrons. The van der Waals surface area contributed by atoms with Crippen LogP contribution < -0.4 is 10.2 Å². The first kappa shape index (κ1) is 12.6. The molecule has 0 amide bonds. The average molecular weight is 269 g/mol. The van der Waals surface area contributed by atoms with Gasteiger partial charge in [-0.3, -0.25) is 0 Å². The van der Waals surface area contributed by atoms with Gasteiger partial charge in [0.15, 0.2) is 0 Å². The molecule has 4 heteroatoms. The molecule has 0 unspecified atom stereocenters. The van der Waals surface area contributed by atoms with E-state index in [-0.39, 0.29) is 0 Å². The predicted molar refractivity (Wildman–Crippen MR) is 66.3 cm³/mol. The van der Waals surface area contributed by atoms with Gasteiger partial charge in [-0.05, 0) is 35.8 Å². The summed E-state index contributed by atoms with van der Waals surface area (Å²) in [5.74, 6) is 0.695. The quantitative estimate of drug-likeness (QED) is 0.601. The van der Waals surface area contributed by atoms with E-state index in [1.165, 1.54) is 0 Å². The summed E-state index contributed by atoms with van der Waals surface area (Å²) in [7, 11) is 5.84. The first-order valence-corrected chi connectivity index (χ1v) is 5.70. The molecule has 15 heavy (non-hydrogen) atoms. The molecule has 0 spiro atoms. The summed E-state index contributed by atoms with van der Waals surface area (Å²) in [5.41, 5.74) is 1.76. The number of ether oxygens (including phenoxy) is 2. The van der Waals surface area contributed by atoms with E-state index >= 15 is 0 Å². The minimum absolute atomic E-state index is 0.514. The lowest BCUT2D eigenvalue weighted by Crippen LogP contribution is -2.14. The summed E-state index contributed by atoms with van der Waals surface area (Å²) in [4.78, 5) is 0. The van der Waals surface area contributed by atoms with Crippen molar-refractivity contribution in [2.75, 3.05) is 19.8 Å². The van der Waals surface area contributed by atoms with Crippen LogP contribution in [0.15, 0.2) is 16.6 Å². The Bertz CT molecular complexity index is 305. The molecule has 0 aliphatic heterocycles. The third kappa shape index (κ3) is 3.88. The highest BCUT2D eigenvalue weighted by Crippen LogP contribution is 2.23. The molecule has 1 aromatic carbocycles. The van der Waals surface area contributed by atoms with Gasteiger partial charge in [0.25, 0.3) is 0 Å². The smallest absolute Gasteiger partial charge is 0.126 e. The van der Waals surface area contributed by atoms with E-state index < -0.39 is 0 Å². The van der Waals surface area contributed by atoms with Crippen molar-refractivity contribution >= 4 is 29.2 Å². The molecule has 0 N–H and O–H groups in total. The Morgan fingerprint density at radius 1 is 1.33 bits per heavy atom. The number of benzene rings is 1. The van der Waals surface area contributed by atoms with Crippen molar-refractivity contribution in [2.24, 2.45) is 0 Å². The molecule has 0 fully saturated rings. The highest BCUT2D eigenvalue weighted by molar-refractivity contribution is 9.10. The maximum Gasteiger partial charge on any atom is 0.126 e. The number of rotatable bonds is 5. The molecule has 1 aromatic rings. The van der Waals surface area contributed by atoms with Crippen LogP contribution in [-0.2, 0) is 4.74 Å². The van der Waals surface area contributed by atoms with Gasteiger partial charge in [-0.1, -0.05) is 17.1 Å². The third-order valence-electron chi connectivity index (χ3n) is 1.89.